The normalized spacial score (nSPS) is 15.5. The fraction of sp³-hybridized carbons (Fsp3) is 0.174. The lowest BCUT2D eigenvalue weighted by molar-refractivity contribution is -0.385. The predicted molar refractivity (Wildman–Crippen MR) is 119 cm³/mol. The molecule has 3 aromatic rings. The van der Waals surface area contributed by atoms with Crippen LogP contribution in [0.1, 0.15) is 16.8 Å². The van der Waals surface area contributed by atoms with Crippen LogP contribution in [0.2, 0.25) is 5.02 Å². The van der Waals surface area contributed by atoms with Crippen LogP contribution in [0.5, 0.6) is 11.5 Å². The van der Waals surface area contributed by atoms with Crippen molar-refractivity contribution < 1.29 is 14.5 Å². The molecule has 0 spiro atoms. The van der Waals surface area contributed by atoms with Crippen molar-refractivity contribution in [3.63, 3.8) is 0 Å². The Labute approximate surface area is 184 Å². The van der Waals surface area contributed by atoms with E-state index in [0.29, 0.717) is 24.4 Å². The average molecular weight is 438 g/mol. The van der Waals surface area contributed by atoms with Gasteiger partial charge in [0.25, 0.3) is 5.91 Å². The van der Waals surface area contributed by atoms with E-state index in [1.165, 1.54) is 18.2 Å². The van der Waals surface area contributed by atoms with Crippen molar-refractivity contribution in [1.29, 1.82) is 0 Å². The number of anilines is 1. The quantitative estimate of drug-likeness (QED) is 0.414. The predicted octanol–water partition coefficient (Wildman–Crippen LogP) is 5.37. The third-order valence-corrected chi connectivity index (χ3v) is 5.30. The van der Waals surface area contributed by atoms with Crippen molar-refractivity contribution in [3.05, 3.63) is 93.5 Å². The molecule has 1 aliphatic rings. The number of benzene rings is 3. The number of nitro groups is 1. The zero-order chi connectivity index (χ0) is 21.8. The van der Waals surface area contributed by atoms with Gasteiger partial charge in [-0.3, -0.25) is 14.9 Å². The SMILES string of the molecule is O=C(c1ccc(Oc2ccc(Cl)cc2[N+](=O)[O-])cc1)N1CCC(Nc2ccccc2)C1. The van der Waals surface area contributed by atoms with Gasteiger partial charge in [0.05, 0.1) is 4.92 Å². The molecule has 1 amide bonds. The first kappa shape index (κ1) is 20.7. The third-order valence-electron chi connectivity index (χ3n) is 5.07. The number of amides is 1. The van der Waals surface area contributed by atoms with Gasteiger partial charge in [-0.15, -0.1) is 0 Å². The molecule has 1 unspecified atom stereocenters. The van der Waals surface area contributed by atoms with Gasteiger partial charge in [-0.2, -0.15) is 0 Å². The fourth-order valence-corrected chi connectivity index (χ4v) is 3.69. The first-order chi connectivity index (χ1) is 15.0. The maximum absolute atomic E-state index is 12.8. The molecule has 0 bridgehead atoms. The van der Waals surface area contributed by atoms with Crippen molar-refractivity contribution in [2.24, 2.45) is 0 Å². The summed E-state index contributed by atoms with van der Waals surface area (Å²) < 4.78 is 5.63. The van der Waals surface area contributed by atoms with Crippen molar-refractivity contribution >= 4 is 28.9 Å². The van der Waals surface area contributed by atoms with Gasteiger partial charge in [-0.1, -0.05) is 29.8 Å². The minimum absolute atomic E-state index is 0.0543. The van der Waals surface area contributed by atoms with E-state index >= 15 is 0 Å². The van der Waals surface area contributed by atoms with Crippen molar-refractivity contribution in [2.75, 3.05) is 18.4 Å². The second-order valence-corrected chi connectivity index (χ2v) is 7.68. The van der Waals surface area contributed by atoms with Gasteiger partial charge in [0, 0.05) is 41.5 Å². The van der Waals surface area contributed by atoms with E-state index in [0.717, 1.165) is 12.1 Å². The maximum Gasteiger partial charge on any atom is 0.313 e. The first-order valence-corrected chi connectivity index (χ1v) is 10.2. The number of nitrogens with zero attached hydrogens (tertiary/aromatic N) is 2. The third kappa shape index (κ3) is 4.95. The summed E-state index contributed by atoms with van der Waals surface area (Å²) in [5.74, 6) is 0.427. The highest BCUT2D eigenvalue weighted by molar-refractivity contribution is 6.30. The number of halogens is 1. The number of hydrogen-bond donors (Lipinski definition) is 1. The van der Waals surface area contributed by atoms with Crippen molar-refractivity contribution in [2.45, 2.75) is 12.5 Å². The highest BCUT2D eigenvalue weighted by Crippen LogP contribution is 2.33. The van der Waals surface area contributed by atoms with Gasteiger partial charge in [-0.05, 0) is 55.0 Å². The molecule has 1 saturated heterocycles. The summed E-state index contributed by atoms with van der Waals surface area (Å²) in [6.07, 6.45) is 0.877. The molecule has 31 heavy (non-hydrogen) atoms. The Kier molecular flexibility index (Phi) is 6.04. The summed E-state index contributed by atoms with van der Waals surface area (Å²) in [6, 6.07) is 20.9. The molecule has 0 radical (unpaired) electrons. The van der Waals surface area contributed by atoms with E-state index in [1.807, 2.05) is 35.2 Å². The number of likely N-dealkylation sites (tertiary alicyclic amines) is 1. The Morgan fingerprint density at radius 1 is 1.10 bits per heavy atom. The lowest BCUT2D eigenvalue weighted by Gasteiger charge is -2.18. The molecular weight excluding hydrogens is 418 g/mol. The zero-order valence-electron chi connectivity index (χ0n) is 16.5. The summed E-state index contributed by atoms with van der Waals surface area (Å²) in [5, 5.41) is 14.9. The van der Waals surface area contributed by atoms with Crippen molar-refractivity contribution in [3.8, 4) is 11.5 Å². The molecule has 1 fully saturated rings. The van der Waals surface area contributed by atoms with E-state index in [4.69, 9.17) is 16.3 Å². The number of hydrogen-bond acceptors (Lipinski definition) is 5. The lowest BCUT2D eigenvalue weighted by Crippen LogP contribution is -2.31. The molecule has 1 atom stereocenters. The summed E-state index contributed by atoms with van der Waals surface area (Å²) >= 11 is 5.83. The smallest absolute Gasteiger partial charge is 0.313 e. The van der Waals surface area contributed by atoms with E-state index in [-0.39, 0.29) is 28.4 Å². The zero-order valence-corrected chi connectivity index (χ0v) is 17.3. The van der Waals surface area contributed by atoms with Gasteiger partial charge in [0.1, 0.15) is 5.75 Å². The number of para-hydroxylation sites is 1. The van der Waals surface area contributed by atoms with Crippen LogP contribution in [-0.2, 0) is 0 Å². The highest BCUT2D eigenvalue weighted by atomic mass is 35.5. The van der Waals surface area contributed by atoms with Crippen LogP contribution >= 0.6 is 11.6 Å². The Balaban J connectivity index is 1.39. The van der Waals surface area contributed by atoms with E-state index in [1.54, 1.807) is 24.3 Å². The van der Waals surface area contributed by atoms with Gasteiger partial charge in [0.15, 0.2) is 0 Å². The number of ether oxygens (including phenoxy) is 1. The summed E-state index contributed by atoms with van der Waals surface area (Å²) in [6.45, 7) is 1.31. The van der Waals surface area contributed by atoms with E-state index < -0.39 is 4.92 Å². The molecule has 0 aromatic heterocycles. The largest absolute Gasteiger partial charge is 0.450 e. The second kappa shape index (κ2) is 9.06. The van der Waals surface area contributed by atoms with Gasteiger partial charge in [-0.25, -0.2) is 0 Å². The number of carbonyl (C=O) groups excluding carboxylic acids is 1. The standard InChI is InChI=1S/C23H20ClN3O4/c24-17-8-11-22(21(14-17)27(29)30)31-20-9-6-16(7-10-20)23(28)26-13-12-19(15-26)25-18-4-2-1-3-5-18/h1-11,14,19,25H,12-13,15H2. The van der Waals surface area contributed by atoms with Crippen LogP contribution in [0.15, 0.2) is 72.8 Å². The Bertz CT molecular complexity index is 1090. The molecule has 4 rings (SSSR count). The maximum atomic E-state index is 12.8. The molecule has 3 aromatic carbocycles. The molecule has 0 aliphatic carbocycles. The number of nitro benzene ring substituents is 1. The topological polar surface area (TPSA) is 84.7 Å². The second-order valence-electron chi connectivity index (χ2n) is 7.24. The van der Waals surface area contributed by atoms with Gasteiger partial charge < -0.3 is 15.0 Å². The van der Waals surface area contributed by atoms with Crippen LogP contribution < -0.4 is 10.1 Å². The molecule has 7 nitrogen and oxygen atoms in total. The minimum Gasteiger partial charge on any atom is -0.450 e. The monoisotopic (exact) mass is 437 g/mol. The lowest BCUT2D eigenvalue weighted by atomic mass is 10.2. The first-order valence-electron chi connectivity index (χ1n) is 9.82. The number of carbonyl (C=O) groups is 1. The van der Waals surface area contributed by atoms with Crippen LogP contribution in [0.25, 0.3) is 0 Å². The minimum atomic E-state index is -0.549. The molecule has 0 saturated carbocycles. The Hall–Kier alpha value is -3.58. The van der Waals surface area contributed by atoms with Crippen molar-refractivity contribution in [1.82, 2.24) is 4.90 Å². The molecule has 158 valence electrons. The molecular formula is C23H20ClN3O4. The Morgan fingerprint density at radius 2 is 1.84 bits per heavy atom. The summed E-state index contributed by atoms with van der Waals surface area (Å²) in [7, 11) is 0. The average Bonchev–Trinajstić information content (AvgIpc) is 3.24. The Morgan fingerprint density at radius 3 is 2.55 bits per heavy atom. The van der Waals surface area contributed by atoms with Crippen LogP contribution in [0.3, 0.4) is 0 Å². The van der Waals surface area contributed by atoms with E-state index in [2.05, 4.69) is 5.32 Å². The molecule has 1 N–H and O–H groups in total. The molecule has 1 aliphatic heterocycles. The summed E-state index contributed by atoms with van der Waals surface area (Å²) in [4.78, 5) is 25.3. The van der Waals surface area contributed by atoms with E-state index in [9.17, 15) is 14.9 Å². The van der Waals surface area contributed by atoms with Gasteiger partial charge >= 0.3 is 5.69 Å². The number of rotatable bonds is 6. The molecule has 1 heterocycles. The fourth-order valence-electron chi connectivity index (χ4n) is 3.53. The number of nitrogens with one attached hydrogen (secondary N) is 1. The molecule has 8 heteroatoms. The summed E-state index contributed by atoms with van der Waals surface area (Å²) in [5.41, 5.74) is 1.36. The highest BCUT2D eigenvalue weighted by Gasteiger charge is 2.27. The van der Waals surface area contributed by atoms with Crippen LogP contribution in [0, 0.1) is 10.1 Å². The van der Waals surface area contributed by atoms with Crippen LogP contribution in [-0.4, -0.2) is 34.9 Å². The van der Waals surface area contributed by atoms with Crippen LogP contribution in [0.4, 0.5) is 11.4 Å². The van der Waals surface area contributed by atoms with Gasteiger partial charge in [0.2, 0.25) is 5.75 Å².